The molecule has 0 aliphatic rings. The third kappa shape index (κ3) is 10.8. The Hall–Kier alpha value is 9.49. The molecular weight excluding hydrogens is 1650 g/mol. The molecule has 0 aliphatic heterocycles. The van der Waals surface area contributed by atoms with Gasteiger partial charge in [-0.2, -0.15) is 0 Å². The molecule has 13 heavy (non-hydrogen) atoms. The third-order valence-corrected chi connectivity index (χ3v) is 744. The number of hydrogen-bond donors (Lipinski definition) is 0. The van der Waals surface area contributed by atoms with Crippen LogP contribution in [0.2, 0.25) is 0 Å². The van der Waals surface area contributed by atoms with Gasteiger partial charge in [0.15, 0.2) is 0 Å². The summed E-state index contributed by atoms with van der Waals surface area (Å²) in [5.41, 5.74) is 0. The first kappa shape index (κ1) is 22.5. The molecule has 13 heteroatoms. The zero-order valence-electron chi connectivity index (χ0n) is 4.91. The van der Waals surface area contributed by atoms with Crippen LogP contribution in [0.4, 0.5) is 0 Å². The number of hydrogen-bond acceptors (Lipinski definition) is 0. The zero-order valence-corrected chi connectivity index (χ0v) is 33.0. The van der Waals surface area contributed by atoms with E-state index < -0.39 is 0 Å². The molecule has 0 spiro atoms. The van der Waals surface area contributed by atoms with Gasteiger partial charge in [0, 0.05) is 0 Å². The Morgan fingerprint density at radius 1 is 0.692 bits per heavy atom. The Morgan fingerprint density at radius 2 is 1.15 bits per heavy atom. The van der Waals surface area contributed by atoms with Crippen LogP contribution < -0.4 is 13.3 Å². The molecule has 0 amide bonds. The molecule has 0 heterocycles. The van der Waals surface area contributed by atoms with Crippen molar-refractivity contribution < 1.29 is 13.3 Å². The molecule has 0 aromatic rings. The minimum atomic E-state index is -0.380. The van der Waals surface area contributed by atoms with Crippen LogP contribution in [-0.2, 0) is 0 Å². The van der Waals surface area contributed by atoms with Crippen molar-refractivity contribution in [2.24, 2.45) is 0 Å². The fourth-order valence-electron chi connectivity index (χ4n) is 0.108. The van der Waals surface area contributed by atoms with Crippen LogP contribution in [0.15, 0.2) is 0 Å². The average molecular weight is 1650 g/mol. The van der Waals surface area contributed by atoms with E-state index in [1.807, 2.05) is 0 Å². The van der Waals surface area contributed by atoms with Crippen molar-refractivity contribution in [3.05, 3.63) is 0 Å². The van der Waals surface area contributed by atoms with Gasteiger partial charge in [0.1, 0.15) is 0 Å². The Balaban J connectivity index is 4.15. The van der Waals surface area contributed by atoms with Crippen LogP contribution in [0.5, 0.6) is 0 Å². The van der Waals surface area contributed by atoms with Crippen molar-refractivity contribution in [1.29, 1.82) is 0 Å². The first-order valence-electron chi connectivity index (χ1n) is 1.71. The molecule has 0 fully saturated rings. The van der Waals surface area contributed by atoms with Crippen molar-refractivity contribution in [2.75, 3.05) is 0 Å². The molecule has 0 aliphatic carbocycles. The standard InChI is InChI=1S/I13/c1-8-10(4)12(6)13(7)11(5)9(2)3/q-1. The van der Waals surface area contributed by atoms with Gasteiger partial charge in [-0.1, -0.05) is 0 Å². The summed E-state index contributed by atoms with van der Waals surface area (Å²) < 4.78 is 0. The Bertz CT molecular complexity index is 126. The molecule has 0 saturated carbocycles. The Morgan fingerprint density at radius 3 is 1.46 bits per heavy atom. The minimum absolute atomic E-state index is 0.272. The van der Waals surface area contributed by atoms with Crippen LogP contribution in [0.25, 0.3) is 0 Å². The molecule has 0 aromatic carbocycles. The molecule has 0 unspecified atom stereocenters. The first-order valence-corrected chi connectivity index (χ1v) is 77.1. The summed E-state index contributed by atoms with van der Waals surface area (Å²) in [7, 11) is -1.56. The predicted molar refractivity (Wildman–Crippen MR) is 168 cm³/mol. The molecule has 0 saturated heterocycles. The second-order valence-electron chi connectivity index (χ2n) is 0.864. The molecule has 0 nitrogen and oxygen atoms in total. The topological polar surface area (TPSA) is 0 Å². The van der Waals surface area contributed by atoms with Crippen molar-refractivity contribution in [2.45, 2.75) is 0 Å². The number of halogens is 13. The summed E-state index contributed by atoms with van der Waals surface area (Å²) in [6.07, 6.45) is 0. The third-order valence-electron chi connectivity index (χ3n) is 0.367. The van der Waals surface area contributed by atoms with Crippen LogP contribution in [0.3, 0.4) is 0 Å². The molecular formula is I13-. The first-order chi connectivity index (χ1) is 5.91. The summed E-state index contributed by atoms with van der Waals surface area (Å²) in [4.78, 5) is 0. The van der Waals surface area contributed by atoms with Gasteiger partial charge in [-0.15, -0.1) is 0 Å². The van der Waals surface area contributed by atoms with E-state index in [0.717, 1.165) is 0 Å². The van der Waals surface area contributed by atoms with Crippen LogP contribution in [0.1, 0.15) is 0 Å². The fraction of sp³-hybridized carbons (Fsp3) is 0. The van der Waals surface area contributed by atoms with E-state index in [1.165, 1.54) is 0 Å². The van der Waals surface area contributed by atoms with E-state index in [9.17, 15) is 0 Å². The van der Waals surface area contributed by atoms with E-state index >= 15 is 0 Å². The second kappa shape index (κ2) is 13.9. The van der Waals surface area contributed by atoms with Crippen molar-refractivity contribution in [3.8, 4) is 0 Å². The Labute approximate surface area is 174 Å². The van der Waals surface area contributed by atoms with E-state index in [-0.39, 0.29) is 39.5 Å². The van der Waals surface area contributed by atoms with Crippen LogP contribution >= 0.6 is 170 Å². The average Bonchev–Trinajstić information content (AvgIpc) is 2.12. The monoisotopic (exact) mass is 1650 g/mol. The molecule has 0 N–H and O–H groups in total. The van der Waals surface area contributed by atoms with Gasteiger partial charge < -0.3 is 0 Å². The van der Waals surface area contributed by atoms with Gasteiger partial charge in [0.2, 0.25) is 0 Å². The van der Waals surface area contributed by atoms with E-state index in [4.69, 9.17) is 0 Å². The van der Waals surface area contributed by atoms with E-state index in [2.05, 4.69) is 130 Å². The quantitative estimate of drug-likeness (QED) is 0.249. The van der Waals surface area contributed by atoms with Crippen molar-refractivity contribution >= 4 is 170 Å². The van der Waals surface area contributed by atoms with Crippen molar-refractivity contribution in [1.82, 2.24) is 0 Å². The summed E-state index contributed by atoms with van der Waals surface area (Å²) in [5.74, 6) is 0. The summed E-state index contributed by atoms with van der Waals surface area (Å²) >= 11 is 21.0. The van der Waals surface area contributed by atoms with Gasteiger partial charge in [-0.25, -0.2) is 0 Å². The van der Waals surface area contributed by atoms with E-state index in [0.29, 0.717) is 13.3 Å². The van der Waals surface area contributed by atoms with Gasteiger partial charge in [0.05, 0.1) is 0 Å². The van der Waals surface area contributed by atoms with Crippen LogP contribution in [-0.4, -0.2) is 0 Å². The SMILES string of the molecule is I[I-]I(I)I(I)I(I)I(I)I(I)I. The van der Waals surface area contributed by atoms with Gasteiger partial charge in [-0.3, -0.25) is 0 Å². The van der Waals surface area contributed by atoms with Crippen molar-refractivity contribution in [3.63, 3.8) is 0 Å². The maximum absolute atomic E-state index is 3.01. The van der Waals surface area contributed by atoms with Gasteiger partial charge >= 0.3 is 183 Å². The molecule has 0 rings (SSSR count). The molecule has 0 aromatic heterocycles. The second-order valence-corrected chi connectivity index (χ2v) is 261. The maximum atomic E-state index is 3.01. The van der Waals surface area contributed by atoms with Crippen LogP contribution in [0, 0.1) is 0 Å². The predicted octanol–water partition coefficient (Wildman–Crippen LogP) is 7.63. The van der Waals surface area contributed by atoms with E-state index in [1.54, 1.807) is 0 Å². The summed E-state index contributed by atoms with van der Waals surface area (Å²) in [6, 6.07) is 0. The normalized spacial score (nSPS) is 16.7. The van der Waals surface area contributed by atoms with Gasteiger partial charge in [0.25, 0.3) is 0 Å². The summed E-state index contributed by atoms with van der Waals surface area (Å²) in [6.45, 7) is 0. The number of rotatable bonds is 5. The summed E-state index contributed by atoms with van der Waals surface area (Å²) in [5, 5.41) is 0. The fourth-order valence-corrected chi connectivity index (χ4v) is 1470. The Kier molecular flexibility index (Phi) is 24.0. The zero-order chi connectivity index (χ0) is 10.6. The molecule has 0 radical (unpaired) electrons. The molecule has 92 valence electrons. The molecule has 0 atom stereocenters. The van der Waals surface area contributed by atoms with Gasteiger partial charge in [-0.05, 0) is 0 Å². The molecule has 0 bridgehead atoms.